The molecular formula is C27H39N3O5S. The number of carbonyl (C=O) groups excluding carboxylic acids is 2. The van der Waals surface area contributed by atoms with E-state index >= 15 is 0 Å². The molecule has 36 heavy (non-hydrogen) atoms. The standard InChI is InChI=1S/C27H39N3O5S/c1-6-23(27(32)28-19-21(3)4)29(18-17-22-13-9-8-10-14-22)26(31)20-30(36(5,33)34)24-15-11-12-16-25(24)35-7-2/h8-16,21,23H,6-7,17-20H2,1-5H3,(H,28,32)/t23-/m1/s1. The summed E-state index contributed by atoms with van der Waals surface area (Å²) in [6.07, 6.45) is 2.00. The number of ether oxygens (including phenoxy) is 1. The van der Waals surface area contributed by atoms with Gasteiger partial charge in [-0.1, -0.05) is 63.2 Å². The predicted molar refractivity (Wildman–Crippen MR) is 144 cm³/mol. The molecule has 0 heterocycles. The van der Waals surface area contributed by atoms with Crippen LogP contribution < -0.4 is 14.4 Å². The van der Waals surface area contributed by atoms with Crippen LogP contribution in [0.4, 0.5) is 5.69 Å². The van der Waals surface area contributed by atoms with Gasteiger partial charge < -0.3 is 15.0 Å². The third kappa shape index (κ3) is 8.55. The highest BCUT2D eigenvalue weighted by molar-refractivity contribution is 7.92. The van der Waals surface area contributed by atoms with Gasteiger partial charge in [-0.05, 0) is 43.4 Å². The Morgan fingerprint density at radius 2 is 1.64 bits per heavy atom. The molecule has 2 amide bonds. The summed E-state index contributed by atoms with van der Waals surface area (Å²) in [5.74, 6) is -0.0612. The van der Waals surface area contributed by atoms with Gasteiger partial charge in [0.25, 0.3) is 0 Å². The molecule has 0 saturated carbocycles. The van der Waals surface area contributed by atoms with Crippen LogP contribution in [-0.2, 0) is 26.0 Å². The second-order valence-electron chi connectivity index (χ2n) is 9.06. The van der Waals surface area contributed by atoms with Crippen molar-refractivity contribution in [1.82, 2.24) is 10.2 Å². The number of nitrogens with zero attached hydrogens (tertiary/aromatic N) is 2. The van der Waals surface area contributed by atoms with Crippen molar-refractivity contribution in [2.24, 2.45) is 5.92 Å². The fourth-order valence-corrected chi connectivity index (χ4v) is 4.71. The normalized spacial score (nSPS) is 12.2. The molecule has 2 rings (SSSR count). The van der Waals surface area contributed by atoms with E-state index in [4.69, 9.17) is 4.74 Å². The Balaban J connectivity index is 2.39. The van der Waals surface area contributed by atoms with Gasteiger partial charge in [-0.2, -0.15) is 0 Å². The highest BCUT2D eigenvalue weighted by Gasteiger charge is 2.32. The van der Waals surface area contributed by atoms with Crippen molar-refractivity contribution in [3.63, 3.8) is 0 Å². The van der Waals surface area contributed by atoms with E-state index in [1.54, 1.807) is 31.2 Å². The van der Waals surface area contributed by atoms with Crippen molar-refractivity contribution in [1.29, 1.82) is 0 Å². The van der Waals surface area contributed by atoms with E-state index < -0.39 is 28.5 Å². The van der Waals surface area contributed by atoms with E-state index in [1.807, 2.05) is 51.1 Å². The van der Waals surface area contributed by atoms with Crippen molar-refractivity contribution in [2.45, 2.75) is 46.6 Å². The molecule has 0 aromatic heterocycles. The lowest BCUT2D eigenvalue weighted by Gasteiger charge is -2.33. The molecule has 1 atom stereocenters. The minimum Gasteiger partial charge on any atom is -0.492 e. The lowest BCUT2D eigenvalue weighted by molar-refractivity contribution is -0.139. The fraction of sp³-hybridized carbons (Fsp3) is 0.481. The molecule has 0 unspecified atom stereocenters. The Labute approximate surface area is 215 Å². The fourth-order valence-electron chi connectivity index (χ4n) is 3.85. The molecule has 0 aliphatic rings. The molecule has 8 nitrogen and oxygen atoms in total. The molecule has 0 aliphatic carbocycles. The Morgan fingerprint density at radius 3 is 2.22 bits per heavy atom. The lowest BCUT2D eigenvalue weighted by atomic mass is 10.1. The molecule has 0 spiro atoms. The second kappa shape index (κ2) is 13.9. The third-order valence-corrected chi connectivity index (χ3v) is 6.79. The third-order valence-electron chi connectivity index (χ3n) is 5.67. The van der Waals surface area contributed by atoms with Crippen LogP contribution in [0.1, 0.15) is 39.7 Å². The first-order valence-corrected chi connectivity index (χ1v) is 14.2. The molecule has 0 aliphatic heterocycles. The molecule has 9 heteroatoms. The number of benzene rings is 2. The number of anilines is 1. The van der Waals surface area contributed by atoms with Gasteiger partial charge in [0.1, 0.15) is 18.3 Å². The highest BCUT2D eigenvalue weighted by atomic mass is 32.2. The first-order chi connectivity index (χ1) is 17.1. The Kier molecular flexibility index (Phi) is 11.2. The van der Waals surface area contributed by atoms with Gasteiger partial charge in [-0.3, -0.25) is 13.9 Å². The first-order valence-electron chi connectivity index (χ1n) is 12.4. The number of carbonyl (C=O) groups is 2. The van der Waals surface area contributed by atoms with Crippen LogP contribution in [0.15, 0.2) is 54.6 Å². The van der Waals surface area contributed by atoms with Gasteiger partial charge in [0, 0.05) is 13.1 Å². The average Bonchev–Trinajstić information content (AvgIpc) is 2.84. The number of hydrogen-bond donors (Lipinski definition) is 1. The van der Waals surface area contributed by atoms with Gasteiger partial charge in [-0.25, -0.2) is 8.42 Å². The largest absolute Gasteiger partial charge is 0.492 e. The van der Waals surface area contributed by atoms with E-state index in [9.17, 15) is 18.0 Å². The summed E-state index contributed by atoms with van der Waals surface area (Å²) in [6, 6.07) is 15.7. The zero-order valence-electron chi connectivity index (χ0n) is 21.9. The predicted octanol–water partition coefficient (Wildman–Crippen LogP) is 3.47. The summed E-state index contributed by atoms with van der Waals surface area (Å²) >= 11 is 0. The zero-order valence-corrected chi connectivity index (χ0v) is 22.8. The quantitative estimate of drug-likeness (QED) is 0.414. The summed E-state index contributed by atoms with van der Waals surface area (Å²) in [5.41, 5.74) is 1.31. The summed E-state index contributed by atoms with van der Waals surface area (Å²) in [4.78, 5) is 28.3. The highest BCUT2D eigenvalue weighted by Crippen LogP contribution is 2.30. The Bertz CT molecular complexity index is 1090. The molecule has 2 aromatic rings. The van der Waals surface area contributed by atoms with Gasteiger partial charge in [-0.15, -0.1) is 0 Å². The summed E-state index contributed by atoms with van der Waals surface area (Å²) < 4.78 is 32.3. The molecule has 0 bridgehead atoms. The van der Waals surface area contributed by atoms with E-state index in [1.165, 1.54) is 4.90 Å². The number of sulfonamides is 1. The van der Waals surface area contributed by atoms with Crippen LogP contribution >= 0.6 is 0 Å². The maximum absolute atomic E-state index is 13.7. The van der Waals surface area contributed by atoms with Crippen molar-refractivity contribution in [3.8, 4) is 5.75 Å². The van der Waals surface area contributed by atoms with Gasteiger partial charge in [0.15, 0.2) is 0 Å². The van der Waals surface area contributed by atoms with E-state index in [-0.39, 0.29) is 24.1 Å². The van der Waals surface area contributed by atoms with Crippen LogP contribution in [0.2, 0.25) is 0 Å². The van der Waals surface area contributed by atoms with Crippen molar-refractivity contribution in [2.75, 3.05) is 36.8 Å². The second-order valence-corrected chi connectivity index (χ2v) is 11.0. The topological polar surface area (TPSA) is 96.0 Å². The van der Waals surface area contributed by atoms with Crippen LogP contribution in [0.5, 0.6) is 5.75 Å². The monoisotopic (exact) mass is 517 g/mol. The first kappa shape index (κ1) is 29.2. The van der Waals surface area contributed by atoms with Gasteiger partial charge in [0.2, 0.25) is 21.8 Å². The van der Waals surface area contributed by atoms with Crippen molar-refractivity contribution >= 4 is 27.5 Å². The molecule has 0 fully saturated rings. The number of amides is 2. The maximum atomic E-state index is 13.7. The summed E-state index contributed by atoms with van der Waals surface area (Å²) in [6.45, 7) is 8.33. The molecule has 1 N–H and O–H groups in total. The minimum atomic E-state index is -3.82. The number of rotatable bonds is 14. The molecule has 0 saturated heterocycles. The molecule has 198 valence electrons. The number of hydrogen-bond acceptors (Lipinski definition) is 5. The summed E-state index contributed by atoms with van der Waals surface area (Å²) in [7, 11) is -3.82. The lowest BCUT2D eigenvalue weighted by Crippen LogP contribution is -2.53. The summed E-state index contributed by atoms with van der Waals surface area (Å²) in [5, 5.41) is 2.92. The maximum Gasteiger partial charge on any atom is 0.244 e. The SMILES string of the molecule is CCOc1ccccc1N(CC(=O)N(CCc1ccccc1)[C@H](CC)C(=O)NCC(C)C)S(C)(=O)=O. The Morgan fingerprint density at radius 1 is 1.00 bits per heavy atom. The van der Waals surface area contributed by atoms with Crippen molar-refractivity contribution in [3.05, 3.63) is 60.2 Å². The zero-order chi connectivity index (χ0) is 26.7. The van der Waals surface area contributed by atoms with E-state index in [2.05, 4.69) is 5.32 Å². The molecular weight excluding hydrogens is 478 g/mol. The number of para-hydroxylation sites is 2. The van der Waals surface area contributed by atoms with Gasteiger partial charge >= 0.3 is 0 Å². The Hall–Kier alpha value is -3.07. The average molecular weight is 518 g/mol. The number of nitrogens with one attached hydrogen (secondary N) is 1. The van der Waals surface area contributed by atoms with Gasteiger partial charge in [0.05, 0.1) is 18.6 Å². The van der Waals surface area contributed by atoms with Crippen LogP contribution in [0.3, 0.4) is 0 Å². The van der Waals surface area contributed by atoms with E-state index in [0.717, 1.165) is 16.1 Å². The minimum absolute atomic E-state index is 0.242. The van der Waals surface area contributed by atoms with Crippen molar-refractivity contribution < 1.29 is 22.7 Å². The molecule has 2 aromatic carbocycles. The van der Waals surface area contributed by atoms with Crippen LogP contribution in [0.25, 0.3) is 0 Å². The van der Waals surface area contributed by atoms with Crippen LogP contribution in [0, 0.1) is 5.92 Å². The van der Waals surface area contributed by atoms with E-state index in [0.29, 0.717) is 31.7 Å². The smallest absolute Gasteiger partial charge is 0.244 e. The molecule has 0 radical (unpaired) electrons. The van der Waals surface area contributed by atoms with Crippen LogP contribution in [-0.4, -0.2) is 63.7 Å².